The highest BCUT2D eigenvalue weighted by molar-refractivity contribution is 7.11. The van der Waals surface area contributed by atoms with E-state index in [1.54, 1.807) is 4.88 Å². The molecule has 0 aliphatic carbocycles. The number of aryl methyl sites for hydroxylation is 2. The third-order valence-corrected chi connectivity index (χ3v) is 4.86. The van der Waals surface area contributed by atoms with E-state index in [0.717, 1.165) is 6.54 Å². The molecular formula is C17H31NS. The molecule has 0 spiro atoms. The van der Waals surface area contributed by atoms with Crippen molar-refractivity contribution in [3.05, 3.63) is 21.9 Å². The number of hydrogen-bond acceptors (Lipinski definition) is 2. The molecule has 0 bridgehead atoms. The van der Waals surface area contributed by atoms with Gasteiger partial charge in [-0.2, -0.15) is 0 Å². The smallest absolute Gasteiger partial charge is 0.00965 e. The van der Waals surface area contributed by atoms with Crippen molar-refractivity contribution in [2.45, 2.75) is 72.8 Å². The lowest BCUT2D eigenvalue weighted by atomic mass is 9.84. The van der Waals surface area contributed by atoms with Crippen LogP contribution in [0.1, 0.15) is 64.1 Å². The Morgan fingerprint density at radius 2 is 1.63 bits per heavy atom. The van der Waals surface area contributed by atoms with Gasteiger partial charge >= 0.3 is 0 Å². The maximum Gasteiger partial charge on any atom is 0.00965 e. The molecule has 0 atom stereocenters. The first-order chi connectivity index (χ1) is 8.72. The fourth-order valence-electron chi connectivity index (χ4n) is 2.11. The van der Waals surface area contributed by atoms with E-state index in [9.17, 15) is 0 Å². The van der Waals surface area contributed by atoms with Gasteiger partial charge in [0.25, 0.3) is 0 Å². The van der Waals surface area contributed by atoms with Gasteiger partial charge in [-0.05, 0) is 70.5 Å². The van der Waals surface area contributed by atoms with Crippen LogP contribution in [-0.4, -0.2) is 12.1 Å². The van der Waals surface area contributed by atoms with Gasteiger partial charge in [-0.25, -0.2) is 0 Å². The Morgan fingerprint density at radius 3 is 2.16 bits per heavy atom. The summed E-state index contributed by atoms with van der Waals surface area (Å²) in [7, 11) is 0. The lowest BCUT2D eigenvalue weighted by Crippen LogP contribution is -2.38. The van der Waals surface area contributed by atoms with Crippen molar-refractivity contribution in [3.63, 3.8) is 0 Å². The second-order valence-electron chi connectivity index (χ2n) is 7.31. The van der Waals surface area contributed by atoms with Crippen molar-refractivity contribution in [1.82, 2.24) is 5.32 Å². The summed E-state index contributed by atoms with van der Waals surface area (Å²) in [6.45, 7) is 14.8. The number of rotatable bonds is 7. The monoisotopic (exact) mass is 281 g/mol. The van der Waals surface area contributed by atoms with Crippen molar-refractivity contribution < 1.29 is 0 Å². The molecule has 1 aromatic rings. The molecule has 1 heterocycles. The van der Waals surface area contributed by atoms with Gasteiger partial charge in [0.15, 0.2) is 0 Å². The van der Waals surface area contributed by atoms with Crippen LogP contribution in [0.3, 0.4) is 0 Å². The van der Waals surface area contributed by atoms with Crippen LogP contribution in [0.5, 0.6) is 0 Å². The molecule has 0 saturated carbocycles. The van der Waals surface area contributed by atoms with Crippen LogP contribution in [-0.2, 0) is 12.8 Å². The summed E-state index contributed by atoms with van der Waals surface area (Å²) in [5, 5.41) is 3.59. The fraction of sp³-hybridized carbons (Fsp3) is 0.765. The quantitative estimate of drug-likeness (QED) is 0.737. The molecule has 2 heteroatoms. The van der Waals surface area contributed by atoms with E-state index >= 15 is 0 Å². The average Bonchev–Trinajstić information content (AvgIpc) is 2.72. The summed E-state index contributed by atoms with van der Waals surface area (Å²) in [5.41, 5.74) is 0.661. The second-order valence-corrected chi connectivity index (χ2v) is 8.57. The number of hydrogen-bond donors (Lipinski definition) is 1. The molecule has 0 saturated heterocycles. The summed E-state index contributed by atoms with van der Waals surface area (Å²) in [6.07, 6.45) is 4.93. The first kappa shape index (κ1) is 16.7. The minimum Gasteiger partial charge on any atom is -0.312 e. The van der Waals surface area contributed by atoms with E-state index < -0.39 is 0 Å². The van der Waals surface area contributed by atoms with Gasteiger partial charge < -0.3 is 5.32 Å². The lowest BCUT2D eigenvalue weighted by Gasteiger charge is -2.28. The molecule has 0 radical (unpaired) electrons. The Kier molecular flexibility index (Phi) is 6.07. The molecule has 1 rings (SSSR count). The van der Waals surface area contributed by atoms with Gasteiger partial charge in [-0.15, -0.1) is 11.3 Å². The largest absolute Gasteiger partial charge is 0.312 e. The lowest BCUT2D eigenvalue weighted by molar-refractivity contribution is 0.285. The number of nitrogens with one attached hydrogen (secondary N) is 1. The molecule has 0 aliphatic heterocycles. The van der Waals surface area contributed by atoms with Crippen LogP contribution in [0.25, 0.3) is 0 Å². The molecule has 0 aliphatic rings. The maximum absolute atomic E-state index is 3.59. The van der Waals surface area contributed by atoms with E-state index in [-0.39, 0.29) is 5.54 Å². The molecule has 0 unspecified atom stereocenters. The third kappa shape index (κ3) is 7.12. The zero-order valence-corrected chi connectivity index (χ0v) is 14.4. The maximum atomic E-state index is 3.59. The van der Waals surface area contributed by atoms with Crippen LogP contribution in [0, 0.1) is 5.41 Å². The molecule has 1 aromatic heterocycles. The van der Waals surface area contributed by atoms with E-state index in [1.807, 2.05) is 11.3 Å². The van der Waals surface area contributed by atoms with E-state index in [2.05, 4.69) is 59.0 Å². The highest BCUT2D eigenvalue weighted by Gasteiger charge is 2.19. The Hall–Kier alpha value is -0.340. The summed E-state index contributed by atoms with van der Waals surface area (Å²) in [6, 6.07) is 4.60. The first-order valence-corrected chi connectivity index (χ1v) is 8.36. The predicted molar refractivity (Wildman–Crippen MR) is 88.2 cm³/mol. The van der Waals surface area contributed by atoms with Gasteiger partial charge in [0.05, 0.1) is 0 Å². The van der Waals surface area contributed by atoms with Crippen molar-refractivity contribution in [3.8, 4) is 0 Å². The van der Waals surface area contributed by atoms with Crippen LogP contribution in [0.15, 0.2) is 12.1 Å². The van der Waals surface area contributed by atoms with Crippen LogP contribution >= 0.6 is 11.3 Å². The highest BCUT2D eigenvalue weighted by atomic mass is 32.1. The summed E-state index contributed by atoms with van der Waals surface area (Å²) in [5.74, 6) is 0. The van der Waals surface area contributed by atoms with Gasteiger partial charge in [-0.1, -0.05) is 20.8 Å². The standard InChI is InChI=1S/C17H31NS/c1-7-14-8-9-15(19-14)10-11-17(5,6)12-13-18-16(2,3)4/h8-9,18H,7,10-13H2,1-6H3. The zero-order chi connectivity index (χ0) is 14.5. The molecule has 19 heavy (non-hydrogen) atoms. The molecular weight excluding hydrogens is 250 g/mol. The Bertz CT molecular complexity index is 371. The van der Waals surface area contributed by atoms with E-state index in [4.69, 9.17) is 0 Å². The minimum atomic E-state index is 0.236. The van der Waals surface area contributed by atoms with Gasteiger partial charge in [0, 0.05) is 15.3 Å². The average molecular weight is 282 g/mol. The van der Waals surface area contributed by atoms with E-state index in [1.165, 1.54) is 30.6 Å². The fourth-order valence-corrected chi connectivity index (χ4v) is 3.07. The van der Waals surface area contributed by atoms with Crippen molar-refractivity contribution in [2.75, 3.05) is 6.54 Å². The Labute approximate surface area is 123 Å². The third-order valence-electron chi connectivity index (χ3n) is 3.57. The molecule has 110 valence electrons. The Morgan fingerprint density at radius 1 is 1.00 bits per heavy atom. The van der Waals surface area contributed by atoms with Crippen molar-refractivity contribution in [1.29, 1.82) is 0 Å². The molecule has 0 amide bonds. The zero-order valence-electron chi connectivity index (χ0n) is 13.6. The summed E-state index contributed by atoms with van der Waals surface area (Å²) >= 11 is 1.99. The molecule has 1 nitrogen and oxygen atoms in total. The predicted octanol–water partition coefficient (Wildman–Crippen LogP) is 5.05. The summed E-state index contributed by atoms with van der Waals surface area (Å²) in [4.78, 5) is 3.07. The normalized spacial score (nSPS) is 12.9. The van der Waals surface area contributed by atoms with Crippen LogP contribution < -0.4 is 5.32 Å². The topological polar surface area (TPSA) is 12.0 Å². The minimum absolute atomic E-state index is 0.236. The van der Waals surface area contributed by atoms with Crippen LogP contribution in [0.4, 0.5) is 0 Å². The molecule has 0 aromatic carbocycles. The van der Waals surface area contributed by atoms with E-state index in [0.29, 0.717) is 5.41 Å². The SMILES string of the molecule is CCc1ccc(CCC(C)(C)CCNC(C)(C)C)s1. The Balaban J connectivity index is 2.33. The van der Waals surface area contributed by atoms with Gasteiger partial charge in [0.2, 0.25) is 0 Å². The van der Waals surface area contributed by atoms with Gasteiger partial charge in [0.1, 0.15) is 0 Å². The van der Waals surface area contributed by atoms with Crippen molar-refractivity contribution in [2.24, 2.45) is 5.41 Å². The van der Waals surface area contributed by atoms with Crippen molar-refractivity contribution >= 4 is 11.3 Å². The summed E-state index contributed by atoms with van der Waals surface area (Å²) < 4.78 is 0. The molecule has 0 fully saturated rings. The van der Waals surface area contributed by atoms with Crippen LogP contribution in [0.2, 0.25) is 0 Å². The molecule has 1 N–H and O–H groups in total. The highest BCUT2D eigenvalue weighted by Crippen LogP contribution is 2.29. The van der Waals surface area contributed by atoms with Gasteiger partial charge in [-0.3, -0.25) is 0 Å². The second kappa shape index (κ2) is 6.90. The number of thiophene rings is 1. The first-order valence-electron chi connectivity index (χ1n) is 7.54.